The van der Waals surface area contributed by atoms with Crippen molar-refractivity contribution in [1.29, 1.82) is 5.41 Å². The van der Waals surface area contributed by atoms with E-state index >= 15 is 0 Å². The number of hydrogen-bond acceptors (Lipinski definition) is 4. The molecule has 1 unspecified atom stereocenters. The van der Waals surface area contributed by atoms with Crippen LogP contribution in [-0.4, -0.2) is 44.9 Å². The van der Waals surface area contributed by atoms with E-state index in [0.717, 1.165) is 11.0 Å². The monoisotopic (exact) mass is 194 g/mol. The van der Waals surface area contributed by atoms with Crippen molar-refractivity contribution in [3.8, 4) is 0 Å². The Bertz CT molecular complexity index is 146. The van der Waals surface area contributed by atoms with Gasteiger partial charge in [0.1, 0.15) is 19.2 Å². The van der Waals surface area contributed by atoms with Gasteiger partial charge in [0.15, 0.2) is 0 Å². The molecule has 0 spiro atoms. The van der Waals surface area contributed by atoms with Crippen LogP contribution >= 0.6 is 9.03 Å². The predicted octanol–water partition coefficient (Wildman–Crippen LogP) is -0.471. The first-order valence-corrected chi connectivity index (χ1v) is 4.33. The van der Waals surface area contributed by atoms with Crippen molar-refractivity contribution >= 4 is 15.1 Å². The number of quaternary nitrogens is 1. The molecule has 0 bridgehead atoms. The molecule has 5 nitrogen and oxygen atoms in total. The molecule has 0 aromatic carbocycles. The molecule has 0 heterocycles. The summed E-state index contributed by atoms with van der Waals surface area (Å²) < 4.78 is 10.1. The summed E-state index contributed by atoms with van der Waals surface area (Å²) in [5, 5.41) is 16.4. The third kappa shape index (κ3) is 9.62. The van der Waals surface area contributed by atoms with E-state index in [1.807, 2.05) is 21.1 Å². The van der Waals surface area contributed by atoms with Crippen LogP contribution in [0.2, 0.25) is 0 Å². The maximum atomic E-state index is 9.97. The lowest BCUT2D eigenvalue weighted by Crippen LogP contribution is -2.37. The summed E-state index contributed by atoms with van der Waals surface area (Å²) in [6, 6.07) is 0. The highest BCUT2D eigenvalue weighted by atomic mass is 31.1. The molecule has 72 valence electrons. The molecule has 0 amide bonds. The highest BCUT2D eigenvalue weighted by Crippen LogP contribution is 2.12. The van der Waals surface area contributed by atoms with Crippen molar-refractivity contribution in [2.45, 2.75) is 0 Å². The van der Waals surface area contributed by atoms with E-state index in [9.17, 15) is 5.11 Å². The molecule has 0 fully saturated rings. The fourth-order valence-electron chi connectivity index (χ4n) is 0.428. The average Bonchev–Trinajstić information content (AvgIpc) is 1.83. The SMILES string of the molecule is C[N+](C)(C)CCOPOC(=N)[O-]. The van der Waals surface area contributed by atoms with Crippen molar-refractivity contribution in [2.75, 3.05) is 34.3 Å². The van der Waals surface area contributed by atoms with Crippen molar-refractivity contribution in [3.05, 3.63) is 0 Å². The summed E-state index contributed by atoms with van der Waals surface area (Å²) in [7, 11) is 5.79. The van der Waals surface area contributed by atoms with Gasteiger partial charge in [-0.25, -0.2) is 0 Å². The summed E-state index contributed by atoms with van der Waals surface area (Å²) in [5.74, 6) is 0. The van der Waals surface area contributed by atoms with Crippen LogP contribution < -0.4 is 5.11 Å². The van der Waals surface area contributed by atoms with Crippen LogP contribution in [0.5, 0.6) is 0 Å². The lowest BCUT2D eigenvalue weighted by Gasteiger charge is -2.23. The second-order valence-corrected chi connectivity index (χ2v) is 3.99. The van der Waals surface area contributed by atoms with E-state index in [4.69, 9.17) is 9.93 Å². The van der Waals surface area contributed by atoms with Gasteiger partial charge >= 0.3 is 0 Å². The predicted molar refractivity (Wildman–Crippen MR) is 46.0 cm³/mol. The maximum absolute atomic E-state index is 9.97. The number of rotatable bonds is 5. The summed E-state index contributed by atoms with van der Waals surface area (Å²) in [6.07, 6.45) is -1.04. The topological polar surface area (TPSA) is 65.4 Å². The summed E-state index contributed by atoms with van der Waals surface area (Å²) >= 11 is 0. The smallest absolute Gasteiger partial charge is 0.148 e. The Kier molecular flexibility index (Phi) is 5.13. The minimum Gasteiger partial charge on any atom is -0.553 e. The van der Waals surface area contributed by atoms with Gasteiger partial charge in [-0.05, 0) is 0 Å². The third-order valence-corrected chi connectivity index (χ3v) is 1.65. The molecule has 0 aromatic rings. The number of nitrogens with zero attached hydrogens (tertiary/aromatic N) is 1. The molecule has 0 aromatic heterocycles. The number of likely N-dealkylation sites (N-methyl/N-ethyl adjacent to an activating group) is 1. The number of nitrogens with one attached hydrogen (secondary N) is 1. The van der Waals surface area contributed by atoms with Gasteiger partial charge in [-0.1, -0.05) is 0 Å². The minimum absolute atomic E-state index is 0.349. The highest BCUT2D eigenvalue weighted by Gasteiger charge is 2.04. The fourth-order valence-corrected chi connectivity index (χ4v) is 0.738. The second kappa shape index (κ2) is 5.30. The largest absolute Gasteiger partial charge is 0.553 e. The molecule has 0 aliphatic heterocycles. The first-order valence-electron chi connectivity index (χ1n) is 3.51. The van der Waals surface area contributed by atoms with Crippen LogP contribution in [0.15, 0.2) is 0 Å². The molecule has 12 heavy (non-hydrogen) atoms. The third-order valence-electron chi connectivity index (χ3n) is 1.06. The Balaban J connectivity index is 3.17. The molecular weight excluding hydrogens is 179 g/mol. The lowest BCUT2D eigenvalue weighted by atomic mass is 10.5. The maximum Gasteiger partial charge on any atom is 0.148 e. The normalized spacial score (nSPS) is 12.2. The summed E-state index contributed by atoms with van der Waals surface area (Å²) in [5.41, 5.74) is 0. The Hall–Kier alpha value is -0.380. The van der Waals surface area contributed by atoms with E-state index in [1.54, 1.807) is 0 Å². The molecule has 0 aliphatic carbocycles. The Labute approximate surface area is 74.3 Å². The summed E-state index contributed by atoms with van der Waals surface area (Å²) in [6.45, 7) is 1.39. The molecule has 1 atom stereocenters. The van der Waals surface area contributed by atoms with Gasteiger partial charge in [-0.3, -0.25) is 5.41 Å². The Morgan fingerprint density at radius 2 is 2.08 bits per heavy atom. The quantitative estimate of drug-likeness (QED) is 0.211. The van der Waals surface area contributed by atoms with Gasteiger partial charge in [0.2, 0.25) is 0 Å². The van der Waals surface area contributed by atoms with Crippen LogP contribution in [0.3, 0.4) is 0 Å². The zero-order valence-electron chi connectivity index (χ0n) is 7.59. The van der Waals surface area contributed by atoms with Crippen LogP contribution in [0.1, 0.15) is 0 Å². The minimum atomic E-state index is -1.04. The van der Waals surface area contributed by atoms with E-state index in [0.29, 0.717) is 6.61 Å². The molecular formula is C6H15N2O3P. The van der Waals surface area contributed by atoms with Crippen molar-refractivity contribution in [1.82, 2.24) is 0 Å². The molecule has 6 heteroatoms. The van der Waals surface area contributed by atoms with E-state index in [1.165, 1.54) is 0 Å². The molecule has 1 N–H and O–H groups in total. The van der Waals surface area contributed by atoms with Crippen molar-refractivity contribution in [3.63, 3.8) is 0 Å². The fraction of sp³-hybridized carbons (Fsp3) is 0.833. The molecule has 0 saturated carbocycles. The standard InChI is InChI=1S/C6H15N2O3P/c1-8(2,3)4-5-10-12-11-6(7)9/h12H,4-5H2,1-3H3,(H-,7,9). The van der Waals surface area contributed by atoms with Gasteiger partial charge < -0.3 is 18.6 Å². The Morgan fingerprint density at radius 3 is 2.50 bits per heavy atom. The number of hydrogen-bond donors (Lipinski definition) is 1. The first-order chi connectivity index (χ1) is 5.42. The van der Waals surface area contributed by atoms with Gasteiger partial charge in [0, 0.05) is 0 Å². The van der Waals surface area contributed by atoms with Gasteiger partial charge in [-0.2, -0.15) is 0 Å². The molecule has 0 saturated heterocycles. The van der Waals surface area contributed by atoms with Crippen LogP contribution in [0.4, 0.5) is 0 Å². The van der Waals surface area contributed by atoms with Crippen LogP contribution in [0, 0.1) is 5.41 Å². The summed E-state index contributed by atoms with van der Waals surface area (Å²) in [4.78, 5) is 0. The molecule has 0 aliphatic rings. The second-order valence-electron chi connectivity index (χ2n) is 3.34. The Morgan fingerprint density at radius 1 is 1.50 bits per heavy atom. The van der Waals surface area contributed by atoms with Crippen LogP contribution in [-0.2, 0) is 9.05 Å². The van der Waals surface area contributed by atoms with E-state index < -0.39 is 6.08 Å². The van der Waals surface area contributed by atoms with Gasteiger partial charge in [0.05, 0.1) is 30.2 Å². The van der Waals surface area contributed by atoms with Gasteiger partial charge in [0.25, 0.3) is 0 Å². The van der Waals surface area contributed by atoms with E-state index in [2.05, 4.69) is 4.52 Å². The molecule has 0 radical (unpaired) electrons. The van der Waals surface area contributed by atoms with Crippen LogP contribution in [0.25, 0.3) is 0 Å². The zero-order valence-corrected chi connectivity index (χ0v) is 8.59. The van der Waals surface area contributed by atoms with E-state index in [-0.39, 0.29) is 9.03 Å². The lowest BCUT2D eigenvalue weighted by molar-refractivity contribution is -0.870. The highest BCUT2D eigenvalue weighted by molar-refractivity contribution is 7.26. The molecule has 0 rings (SSSR count). The van der Waals surface area contributed by atoms with Gasteiger partial charge in [-0.15, -0.1) is 0 Å². The zero-order chi connectivity index (χ0) is 9.61. The van der Waals surface area contributed by atoms with Crippen molar-refractivity contribution in [2.24, 2.45) is 0 Å². The van der Waals surface area contributed by atoms with Crippen molar-refractivity contribution < 1.29 is 18.6 Å². The first kappa shape index (κ1) is 11.6. The average molecular weight is 194 g/mol.